The fourth-order valence-corrected chi connectivity index (χ4v) is 2.90. The molecule has 2 N–H and O–H groups in total. The summed E-state index contributed by atoms with van der Waals surface area (Å²) in [5, 5.41) is 7.31. The van der Waals surface area contributed by atoms with Crippen molar-refractivity contribution in [2.24, 2.45) is 4.99 Å². The van der Waals surface area contributed by atoms with Crippen LogP contribution < -0.4 is 10.6 Å². The van der Waals surface area contributed by atoms with Crippen LogP contribution in [0.5, 0.6) is 0 Å². The van der Waals surface area contributed by atoms with Gasteiger partial charge in [-0.2, -0.15) is 0 Å². The number of aliphatic imine (C=N–C) groups is 1. The number of nitrogens with one attached hydrogen (secondary N) is 2. The molecular weight excluding hydrogens is 330 g/mol. The van der Waals surface area contributed by atoms with Gasteiger partial charge in [0, 0.05) is 32.9 Å². The summed E-state index contributed by atoms with van der Waals surface area (Å²) in [5.74, 6) is 1.30. The predicted octanol–water partition coefficient (Wildman–Crippen LogP) is 3.50. The maximum atomic E-state index is 12.1. The number of benzene rings is 1. The minimum atomic E-state index is -0.886. The first kappa shape index (κ1) is 20.0. The third-order valence-electron chi connectivity index (χ3n) is 3.30. The van der Waals surface area contributed by atoms with Crippen LogP contribution in [0.1, 0.15) is 46.2 Å². The largest absolute Gasteiger partial charge is 0.357 e. The highest BCUT2D eigenvalue weighted by atomic mass is 35.5. The van der Waals surface area contributed by atoms with Gasteiger partial charge in [-0.25, -0.2) is 0 Å². The predicted molar refractivity (Wildman–Crippen MR) is 102 cm³/mol. The van der Waals surface area contributed by atoms with E-state index in [1.807, 2.05) is 52.0 Å². The molecule has 0 aliphatic carbocycles. The van der Waals surface area contributed by atoms with Crippen molar-refractivity contribution in [2.45, 2.75) is 45.4 Å². The number of nitrogens with zero attached hydrogens (tertiary/aromatic N) is 1. The van der Waals surface area contributed by atoms with E-state index in [0.29, 0.717) is 12.3 Å². The molecule has 0 aliphatic rings. The zero-order chi connectivity index (χ0) is 17.5. The standard InChI is InChI=1S/C17H28ClN3OS/c1-6-19-16(20-11-12-23(22)17(3,4)5)21-13(2)14-7-9-15(18)10-8-14/h7-10,13H,6,11-12H2,1-5H3,(H2,19,20,21). The SMILES string of the molecule is CCNC(=NCCS(=O)C(C)(C)C)NC(C)c1ccc(Cl)cc1. The molecule has 0 amide bonds. The number of halogens is 1. The van der Waals surface area contributed by atoms with Crippen molar-refractivity contribution in [3.63, 3.8) is 0 Å². The Morgan fingerprint density at radius 2 is 1.91 bits per heavy atom. The fraction of sp³-hybridized carbons (Fsp3) is 0.588. The minimum Gasteiger partial charge on any atom is -0.357 e. The summed E-state index contributed by atoms with van der Waals surface area (Å²) in [6.45, 7) is 11.4. The van der Waals surface area contributed by atoms with Gasteiger partial charge in [0.25, 0.3) is 0 Å². The molecule has 0 saturated heterocycles. The Morgan fingerprint density at radius 3 is 2.43 bits per heavy atom. The topological polar surface area (TPSA) is 53.5 Å². The molecule has 4 nitrogen and oxygen atoms in total. The van der Waals surface area contributed by atoms with Gasteiger partial charge in [0.2, 0.25) is 0 Å². The van der Waals surface area contributed by atoms with Crippen molar-refractivity contribution in [1.82, 2.24) is 10.6 Å². The van der Waals surface area contributed by atoms with Crippen LogP contribution >= 0.6 is 11.6 Å². The van der Waals surface area contributed by atoms with E-state index in [1.165, 1.54) is 0 Å². The van der Waals surface area contributed by atoms with E-state index >= 15 is 0 Å². The Morgan fingerprint density at radius 1 is 1.30 bits per heavy atom. The summed E-state index contributed by atoms with van der Waals surface area (Å²) in [5.41, 5.74) is 1.14. The third-order valence-corrected chi connectivity index (χ3v) is 5.47. The maximum Gasteiger partial charge on any atom is 0.191 e. The maximum absolute atomic E-state index is 12.1. The number of guanidine groups is 1. The zero-order valence-electron chi connectivity index (χ0n) is 14.6. The van der Waals surface area contributed by atoms with Gasteiger partial charge in [-0.05, 0) is 52.3 Å². The number of hydrogen-bond acceptors (Lipinski definition) is 2. The highest BCUT2D eigenvalue weighted by molar-refractivity contribution is 7.86. The Labute approximate surface area is 147 Å². The van der Waals surface area contributed by atoms with Crippen LogP contribution in [0, 0.1) is 0 Å². The molecule has 1 rings (SSSR count). The van der Waals surface area contributed by atoms with Crippen LogP contribution in [0.15, 0.2) is 29.3 Å². The Hall–Kier alpha value is -1.07. The van der Waals surface area contributed by atoms with E-state index in [0.717, 1.165) is 23.1 Å². The second-order valence-electron chi connectivity index (χ2n) is 6.34. The van der Waals surface area contributed by atoms with Gasteiger partial charge in [0.15, 0.2) is 5.96 Å². The van der Waals surface area contributed by atoms with Crippen molar-refractivity contribution < 1.29 is 4.21 Å². The van der Waals surface area contributed by atoms with Crippen molar-refractivity contribution in [2.75, 3.05) is 18.8 Å². The molecule has 0 heterocycles. The molecule has 0 spiro atoms. The average Bonchev–Trinajstić information content (AvgIpc) is 2.46. The molecule has 0 saturated carbocycles. The summed E-state index contributed by atoms with van der Waals surface area (Å²) < 4.78 is 11.9. The Kier molecular flexibility index (Phi) is 8.06. The second kappa shape index (κ2) is 9.28. The molecule has 1 aromatic rings. The summed E-state index contributed by atoms with van der Waals surface area (Å²) in [7, 11) is -0.886. The van der Waals surface area contributed by atoms with E-state index in [-0.39, 0.29) is 10.8 Å². The molecule has 23 heavy (non-hydrogen) atoms. The lowest BCUT2D eigenvalue weighted by atomic mass is 10.1. The first-order valence-corrected chi connectivity index (χ1v) is 9.62. The lowest BCUT2D eigenvalue weighted by Gasteiger charge is -2.19. The van der Waals surface area contributed by atoms with Crippen LogP contribution in [0.2, 0.25) is 5.02 Å². The molecule has 0 aliphatic heterocycles. The molecule has 1 aromatic carbocycles. The lowest BCUT2D eigenvalue weighted by molar-refractivity contribution is 0.648. The molecule has 130 valence electrons. The fourth-order valence-electron chi connectivity index (χ4n) is 1.91. The smallest absolute Gasteiger partial charge is 0.191 e. The van der Waals surface area contributed by atoms with E-state index in [4.69, 9.17) is 11.6 Å². The summed E-state index contributed by atoms with van der Waals surface area (Å²) in [6.07, 6.45) is 0. The first-order chi connectivity index (χ1) is 10.7. The van der Waals surface area contributed by atoms with Crippen LogP contribution in [-0.4, -0.2) is 33.8 Å². The second-order valence-corrected chi connectivity index (χ2v) is 9.10. The number of hydrogen-bond donors (Lipinski definition) is 2. The molecule has 0 fully saturated rings. The number of rotatable bonds is 6. The monoisotopic (exact) mass is 357 g/mol. The molecule has 0 aromatic heterocycles. The van der Waals surface area contributed by atoms with Gasteiger partial charge in [0.1, 0.15) is 0 Å². The molecule has 0 radical (unpaired) electrons. The van der Waals surface area contributed by atoms with Crippen LogP contribution in [0.25, 0.3) is 0 Å². The summed E-state index contributed by atoms with van der Waals surface area (Å²) in [6, 6.07) is 7.87. The first-order valence-electron chi connectivity index (χ1n) is 7.93. The molecule has 2 unspecified atom stereocenters. The molecular formula is C17H28ClN3OS. The molecule has 2 atom stereocenters. The van der Waals surface area contributed by atoms with Crippen LogP contribution in [0.4, 0.5) is 0 Å². The van der Waals surface area contributed by atoms with Gasteiger partial charge < -0.3 is 10.6 Å². The Bertz CT molecular complexity index is 538. The van der Waals surface area contributed by atoms with Gasteiger partial charge >= 0.3 is 0 Å². The highest BCUT2D eigenvalue weighted by Gasteiger charge is 2.18. The quantitative estimate of drug-likeness (QED) is 0.605. The van der Waals surface area contributed by atoms with Gasteiger partial charge in [-0.3, -0.25) is 9.20 Å². The van der Waals surface area contributed by atoms with Crippen LogP contribution in [-0.2, 0) is 10.8 Å². The van der Waals surface area contributed by atoms with E-state index in [9.17, 15) is 4.21 Å². The van der Waals surface area contributed by atoms with Crippen molar-refractivity contribution in [3.8, 4) is 0 Å². The summed E-state index contributed by atoms with van der Waals surface area (Å²) in [4.78, 5) is 4.53. The van der Waals surface area contributed by atoms with Crippen molar-refractivity contribution >= 4 is 28.4 Å². The lowest BCUT2D eigenvalue weighted by Crippen LogP contribution is -2.39. The average molecular weight is 358 g/mol. The third kappa shape index (κ3) is 7.36. The summed E-state index contributed by atoms with van der Waals surface area (Å²) >= 11 is 5.92. The van der Waals surface area contributed by atoms with Crippen LogP contribution in [0.3, 0.4) is 0 Å². The van der Waals surface area contributed by atoms with E-state index < -0.39 is 10.8 Å². The molecule has 6 heteroatoms. The zero-order valence-corrected chi connectivity index (χ0v) is 16.2. The van der Waals surface area contributed by atoms with E-state index in [2.05, 4.69) is 22.5 Å². The normalized spacial score (nSPS) is 15.1. The van der Waals surface area contributed by atoms with Gasteiger partial charge in [-0.15, -0.1) is 0 Å². The Balaban J connectivity index is 2.65. The highest BCUT2D eigenvalue weighted by Crippen LogP contribution is 2.16. The molecule has 0 bridgehead atoms. The van der Waals surface area contributed by atoms with E-state index in [1.54, 1.807) is 0 Å². The van der Waals surface area contributed by atoms with Crippen molar-refractivity contribution in [3.05, 3.63) is 34.9 Å². The minimum absolute atomic E-state index is 0.109. The van der Waals surface area contributed by atoms with Gasteiger partial charge in [0.05, 0.1) is 12.6 Å². The van der Waals surface area contributed by atoms with Gasteiger partial charge in [-0.1, -0.05) is 23.7 Å². The van der Waals surface area contributed by atoms with Crippen molar-refractivity contribution in [1.29, 1.82) is 0 Å².